The van der Waals surface area contributed by atoms with Crippen molar-refractivity contribution in [3.8, 4) is 0 Å². The lowest BCUT2D eigenvalue weighted by atomic mass is 10.1. The zero-order chi connectivity index (χ0) is 10.5. The Morgan fingerprint density at radius 2 is 2.13 bits per heavy atom. The van der Waals surface area contributed by atoms with Gasteiger partial charge >= 0.3 is 0 Å². The van der Waals surface area contributed by atoms with E-state index in [0.29, 0.717) is 16.9 Å². The molecular formula is C11H20N2OS. The molecule has 1 atom stereocenters. The van der Waals surface area contributed by atoms with Crippen LogP contribution in [-0.4, -0.2) is 48.0 Å². The highest BCUT2D eigenvalue weighted by molar-refractivity contribution is 8.00. The molecule has 0 aromatic rings. The second-order valence-corrected chi connectivity index (χ2v) is 5.66. The van der Waals surface area contributed by atoms with E-state index in [4.69, 9.17) is 0 Å². The van der Waals surface area contributed by atoms with Crippen LogP contribution in [-0.2, 0) is 4.79 Å². The lowest BCUT2D eigenvalue weighted by Crippen LogP contribution is -2.37. The van der Waals surface area contributed by atoms with E-state index in [0.717, 1.165) is 26.2 Å². The summed E-state index contributed by atoms with van der Waals surface area (Å²) in [5, 5.41) is 4.00. The lowest BCUT2D eigenvalue weighted by molar-refractivity contribution is -0.129. The minimum atomic E-state index is 0.353. The zero-order valence-electron chi connectivity index (χ0n) is 9.21. The standard InChI is InChI=1S/C11H20N2OS/c14-11(13-6-2-1-3-7-13)9-15-10-4-5-12-8-10/h10,12H,1-9H2. The maximum atomic E-state index is 11.8. The van der Waals surface area contributed by atoms with E-state index in [1.54, 1.807) is 0 Å². The van der Waals surface area contributed by atoms with Gasteiger partial charge < -0.3 is 10.2 Å². The van der Waals surface area contributed by atoms with E-state index >= 15 is 0 Å². The number of likely N-dealkylation sites (tertiary alicyclic amines) is 1. The Morgan fingerprint density at radius 3 is 2.80 bits per heavy atom. The summed E-state index contributed by atoms with van der Waals surface area (Å²) < 4.78 is 0. The van der Waals surface area contributed by atoms with Crippen molar-refractivity contribution in [3.63, 3.8) is 0 Å². The van der Waals surface area contributed by atoms with Crippen LogP contribution >= 0.6 is 11.8 Å². The molecule has 1 N–H and O–H groups in total. The summed E-state index contributed by atoms with van der Waals surface area (Å²) in [4.78, 5) is 13.9. The molecule has 1 unspecified atom stereocenters. The maximum absolute atomic E-state index is 11.8. The number of piperidine rings is 1. The predicted octanol–water partition coefficient (Wildman–Crippen LogP) is 1.09. The monoisotopic (exact) mass is 228 g/mol. The lowest BCUT2D eigenvalue weighted by Gasteiger charge is -2.26. The largest absolute Gasteiger partial charge is 0.342 e. The van der Waals surface area contributed by atoms with Gasteiger partial charge in [-0.2, -0.15) is 0 Å². The molecule has 2 heterocycles. The van der Waals surface area contributed by atoms with Crippen LogP contribution in [0.1, 0.15) is 25.7 Å². The van der Waals surface area contributed by atoms with Crippen molar-refractivity contribution >= 4 is 17.7 Å². The third-order valence-corrected chi connectivity index (χ3v) is 4.45. The molecule has 0 aromatic heterocycles. The topological polar surface area (TPSA) is 32.3 Å². The number of nitrogens with zero attached hydrogens (tertiary/aromatic N) is 1. The number of thioether (sulfide) groups is 1. The van der Waals surface area contributed by atoms with Crippen LogP contribution < -0.4 is 5.32 Å². The molecule has 1 amide bonds. The van der Waals surface area contributed by atoms with Crippen molar-refractivity contribution in [1.29, 1.82) is 0 Å². The predicted molar refractivity (Wildman–Crippen MR) is 64.2 cm³/mol. The maximum Gasteiger partial charge on any atom is 0.232 e. The average Bonchev–Trinajstić information content (AvgIpc) is 2.80. The van der Waals surface area contributed by atoms with Gasteiger partial charge in [0.25, 0.3) is 0 Å². The fourth-order valence-corrected chi connectivity index (χ4v) is 3.28. The quantitative estimate of drug-likeness (QED) is 0.785. The molecule has 0 spiro atoms. The summed E-state index contributed by atoms with van der Waals surface area (Å²) in [7, 11) is 0. The first-order valence-electron chi connectivity index (χ1n) is 5.96. The molecule has 2 rings (SSSR count). The molecule has 86 valence electrons. The van der Waals surface area contributed by atoms with Gasteiger partial charge in [-0.25, -0.2) is 0 Å². The number of carbonyl (C=O) groups is 1. The van der Waals surface area contributed by atoms with Crippen molar-refractivity contribution in [2.75, 3.05) is 31.9 Å². The van der Waals surface area contributed by atoms with Gasteiger partial charge in [0.15, 0.2) is 0 Å². The highest BCUT2D eigenvalue weighted by Crippen LogP contribution is 2.18. The summed E-state index contributed by atoms with van der Waals surface area (Å²) in [6.45, 7) is 4.18. The fourth-order valence-electron chi connectivity index (χ4n) is 2.19. The zero-order valence-corrected chi connectivity index (χ0v) is 10.0. The Hall–Kier alpha value is -0.220. The van der Waals surface area contributed by atoms with Gasteiger partial charge in [-0.05, 0) is 32.2 Å². The molecule has 4 heteroatoms. The average molecular weight is 228 g/mol. The summed E-state index contributed by atoms with van der Waals surface area (Å²) >= 11 is 1.83. The molecule has 2 aliphatic rings. The van der Waals surface area contributed by atoms with Gasteiger partial charge in [-0.1, -0.05) is 0 Å². The highest BCUT2D eigenvalue weighted by Gasteiger charge is 2.20. The molecule has 15 heavy (non-hydrogen) atoms. The number of hydrogen-bond acceptors (Lipinski definition) is 3. The third kappa shape index (κ3) is 3.38. The van der Waals surface area contributed by atoms with Crippen LogP contribution in [0.25, 0.3) is 0 Å². The first-order valence-corrected chi connectivity index (χ1v) is 7.01. The van der Waals surface area contributed by atoms with E-state index in [1.807, 2.05) is 16.7 Å². The summed E-state index contributed by atoms with van der Waals surface area (Å²) in [6, 6.07) is 0. The first kappa shape index (κ1) is 11.3. The van der Waals surface area contributed by atoms with Gasteiger partial charge in [0.1, 0.15) is 0 Å². The summed E-state index contributed by atoms with van der Waals surface area (Å²) in [6.07, 6.45) is 4.91. The molecule has 0 aromatic carbocycles. The van der Waals surface area contributed by atoms with Gasteiger partial charge in [0, 0.05) is 24.9 Å². The fraction of sp³-hybridized carbons (Fsp3) is 0.909. The van der Waals surface area contributed by atoms with Gasteiger partial charge in [0.05, 0.1) is 5.75 Å². The Kier molecular flexibility index (Phi) is 4.32. The highest BCUT2D eigenvalue weighted by atomic mass is 32.2. The second kappa shape index (κ2) is 5.75. The molecule has 2 saturated heterocycles. The smallest absolute Gasteiger partial charge is 0.232 e. The molecular weight excluding hydrogens is 208 g/mol. The SMILES string of the molecule is O=C(CSC1CCNC1)N1CCCCC1. The number of hydrogen-bond donors (Lipinski definition) is 1. The Bertz CT molecular complexity index is 211. The van der Waals surface area contributed by atoms with E-state index in [2.05, 4.69) is 5.32 Å². The third-order valence-electron chi connectivity index (χ3n) is 3.17. The van der Waals surface area contributed by atoms with Crippen molar-refractivity contribution in [2.24, 2.45) is 0 Å². The number of rotatable bonds is 3. The Balaban J connectivity index is 1.66. The summed E-state index contributed by atoms with van der Waals surface area (Å²) in [5.41, 5.74) is 0. The normalized spacial score (nSPS) is 26.9. The molecule has 2 fully saturated rings. The summed E-state index contributed by atoms with van der Waals surface area (Å²) in [5.74, 6) is 1.04. The second-order valence-electron chi connectivity index (χ2n) is 4.37. The number of carbonyl (C=O) groups excluding carboxylic acids is 1. The van der Waals surface area contributed by atoms with Crippen molar-refractivity contribution < 1.29 is 4.79 Å². The number of amides is 1. The first-order chi connectivity index (χ1) is 7.36. The Morgan fingerprint density at radius 1 is 1.33 bits per heavy atom. The van der Waals surface area contributed by atoms with Crippen LogP contribution in [0, 0.1) is 0 Å². The van der Waals surface area contributed by atoms with Crippen LogP contribution in [0.15, 0.2) is 0 Å². The van der Waals surface area contributed by atoms with Crippen LogP contribution in [0.5, 0.6) is 0 Å². The van der Waals surface area contributed by atoms with Crippen LogP contribution in [0.3, 0.4) is 0 Å². The Labute approximate surface area is 96.0 Å². The molecule has 0 bridgehead atoms. The van der Waals surface area contributed by atoms with E-state index in [1.165, 1.54) is 25.7 Å². The van der Waals surface area contributed by atoms with E-state index < -0.39 is 0 Å². The van der Waals surface area contributed by atoms with E-state index in [-0.39, 0.29) is 0 Å². The molecule has 0 aliphatic carbocycles. The van der Waals surface area contributed by atoms with Crippen molar-refractivity contribution in [2.45, 2.75) is 30.9 Å². The molecule has 3 nitrogen and oxygen atoms in total. The van der Waals surface area contributed by atoms with Gasteiger partial charge in [-0.3, -0.25) is 4.79 Å². The molecule has 0 radical (unpaired) electrons. The van der Waals surface area contributed by atoms with E-state index in [9.17, 15) is 4.79 Å². The van der Waals surface area contributed by atoms with Crippen molar-refractivity contribution in [3.05, 3.63) is 0 Å². The molecule has 2 aliphatic heterocycles. The molecule has 0 saturated carbocycles. The van der Waals surface area contributed by atoms with Gasteiger partial charge in [0.2, 0.25) is 5.91 Å². The van der Waals surface area contributed by atoms with Crippen LogP contribution in [0.4, 0.5) is 0 Å². The minimum absolute atomic E-state index is 0.353. The minimum Gasteiger partial charge on any atom is -0.342 e. The number of nitrogens with one attached hydrogen (secondary N) is 1. The van der Waals surface area contributed by atoms with Crippen molar-refractivity contribution in [1.82, 2.24) is 10.2 Å². The van der Waals surface area contributed by atoms with Crippen LogP contribution in [0.2, 0.25) is 0 Å². The van der Waals surface area contributed by atoms with Gasteiger partial charge in [-0.15, -0.1) is 11.8 Å².